The first kappa shape index (κ1) is 15.7. The molecule has 1 N–H and O–H groups in total. The predicted octanol–water partition coefficient (Wildman–Crippen LogP) is 4.36. The number of alkyl halides is 2. The monoisotopic (exact) mass is 337 g/mol. The van der Waals surface area contributed by atoms with Crippen LogP contribution < -0.4 is 10.1 Å². The lowest BCUT2D eigenvalue weighted by atomic mass is 10.0. The van der Waals surface area contributed by atoms with Crippen molar-refractivity contribution in [2.75, 3.05) is 0 Å². The van der Waals surface area contributed by atoms with Gasteiger partial charge in [0.05, 0.1) is 5.54 Å². The van der Waals surface area contributed by atoms with Gasteiger partial charge in [-0.2, -0.15) is 8.78 Å². The molecule has 3 nitrogen and oxygen atoms in total. The van der Waals surface area contributed by atoms with Gasteiger partial charge in [0.2, 0.25) is 0 Å². The average Bonchev–Trinajstić information content (AvgIpc) is 3.28. The number of amides is 1. The molecule has 1 aliphatic rings. The number of hydrogen-bond donors (Lipinski definition) is 1. The van der Waals surface area contributed by atoms with Gasteiger partial charge in [-0.05, 0) is 54.8 Å². The van der Waals surface area contributed by atoms with Crippen molar-refractivity contribution in [2.24, 2.45) is 0 Å². The smallest absolute Gasteiger partial charge is 0.387 e. The summed E-state index contributed by atoms with van der Waals surface area (Å²) in [5.41, 5.74) is 1.04. The zero-order valence-corrected chi connectivity index (χ0v) is 12.8. The van der Waals surface area contributed by atoms with E-state index in [0.29, 0.717) is 10.6 Å². The fourth-order valence-electron chi connectivity index (χ4n) is 2.46. The summed E-state index contributed by atoms with van der Waals surface area (Å²) < 4.78 is 28.5. The minimum atomic E-state index is -2.88. The summed E-state index contributed by atoms with van der Waals surface area (Å²) in [5.74, 6) is -0.226. The molecule has 3 rings (SSSR count). The number of carbonyl (C=O) groups excluding carboxylic acids is 1. The van der Waals surface area contributed by atoms with Crippen LogP contribution >= 0.6 is 11.6 Å². The van der Waals surface area contributed by atoms with Crippen molar-refractivity contribution >= 4 is 17.5 Å². The van der Waals surface area contributed by atoms with Crippen LogP contribution in [0.5, 0.6) is 5.75 Å². The zero-order valence-electron chi connectivity index (χ0n) is 12.1. The zero-order chi connectivity index (χ0) is 16.4. The van der Waals surface area contributed by atoms with Gasteiger partial charge in [-0.1, -0.05) is 23.7 Å². The molecule has 0 heterocycles. The maximum Gasteiger partial charge on any atom is 0.387 e. The van der Waals surface area contributed by atoms with E-state index in [-0.39, 0.29) is 17.2 Å². The molecule has 0 atom stereocenters. The molecule has 0 unspecified atom stereocenters. The van der Waals surface area contributed by atoms with Crippen LogP contribution in [-0.4, -0.2) is 12.5 Å². The van der Waals surface area contributed by atoms with Gasteiger partial charge in [-0.3, -0.25) is 4.79 Å². The molecule has 6 heteroatoms. The Morgan fingerprint density at radius 3 is 2.22 bits per heavy atom. The second kappa shape index (κ2) is 6.16. The van der Waals surface area contributed by atoms with Crippen LogP contribution in [0.3, 0.4) is 0 Å². The van der Waals surface area contributed by atoms with Crippen LogP contribution in [0.15, 0.2) is 48.5 Å². The predicted molar refractivity (Wildman–Crippen MR) is 82.9 cm³/mol. The summed E-state index contributed by atoms with van der Waals surface area (Å²) in [7, 11) is 0. The first-order chi connectivity index (χ1) is 11.0. The third-order valence-corrected chi connectivity index (χ3v) is 4.09. The Hall–Kier alpha value is -2.14. The lowest BCUT2D eigenvalue weighted by Crippen LogP contribution is -2.34. The summed E-state index contributed by atoms with van der Waals surface area (Å²) in [6.07, 6.45) is 1.71. The summed E-state index contributed by atoms with van der Waals surface area (Å²) in [5, 5.41) is 3.65. The molecule has 0 spiro atoms. The largest absolute Gasteiger partial charge is 0.435 e. The second-order valence-electron chi connectivity index (χ2n) is 5.45. The molecule has 0 aromatic heterocycles. The maximum absolute atomic E-state index is 12.3. The molecular weight excluding hydrogens is 324 g/mol. The highest BCUT2D eigenvalue weighted by Gasteiger charge is 2.45. The molecule has 2 aromatic rings. The molecule has 1 aliphatic carbocycles. The normalized spacial score (nSPS) is 15.3. The van der Waals surface area contributed by atoms with E-state index in [2.05, 4.69) is 10.1 Å². The Kier molecular flexibility index (Phi) is 4.22. The maximum atomic E-state index is 12.3. The van der Waals surface area contributed by atoms with Gasteiger partial charge in [-0.25, -0.2) is 0 Å². The first-order valence-corrected chi connectivity index (χ1v) is 7.50. The highest BCUT2D eigenvalue weighted by Crippen LogP contribution is 2.45. The van der Waals surface area contributed by atoms with Gasteiger partial charge < -0.3 is 10.1 Å². The van der Waals surface area contributed by atoms with Crippen LogP contribution in [0, 0.1) is 0 Å². The molecule has 23 heavy (non-hydrogen) atoms. The third kappa shape index (κ3) is 3.62. The highest BCUT2D eigenvalue weighted by molar-refractivity contribution is 6.30. The van der Waals surface area contributed by atoms with Crippen molar-refractivity contribution in [3.63, 3.8) is 0 Å². The van der Waals surface area contributed by atoms with Gasteiger partial charge in [0.15, 0.2) is 0 Å². The fourth-order valence-corrected chi connectivity index (χ4v) is 2.58. The fraction of sp³-hybridized carbons (Fsp3) is 0.235. The van der Waals surface area contributed by atoms with Gasteiger partial charge in [0.25, 0.3) is 5.91 Å². The van der Waals surface area contributed by atoms with E-state index in [1.54, 1.807) is 12.1 Å². The van der Waals surface area contributed by atoms with E-state index >= 15 is 0 Å². The van der Waals surface area contributed by atoms with Crippen molar-refractivity contribution in [1.29, 1.82) is 0 Å². The van der Waals surface area contributed by atoms with E-state index in [4.69, 9.17) is 11.6 Å². The Labute approximate surface area is 137 Å². The van der Waals surface area contributed by atoms with Crippen LogP contribution in [0.25, 0.3) is 0 Å². The lowest BCUT2D eigenvalue weighted by molar-refractivity contribution is -0.0498. The molecule has 1 fully saturated rings. The van der Waals surface area contributed by atoms with Crippen molar-refractivity contribution in [3.8, 4) is 5.75 Å². The van der Waals surface area contributed by atoms with Crippen LogP contribution in [-0.2, 0) is 5.54 Å². The number of ether oxygens (including phenoxy) is 1. The summed E-state index contributed by atoms with van der Waals surface area (Å²) >= 11 is 5.88. The number of halogens is 3. The summed E-state index contributed by atoms with van der Waals surface area (Å²) in [6.45, 7) is -2.88. The van der Waals surface area contributed by atoms with E-state index in [0.717, 1.165) is 18.4 Å². The van der Waals surface area contributed by atoms with Gasteiger partial charge in [0.1, 0.15) is 5.75 Å². The van der Waals surface area contributed by atoms with Crippen LogP contribution in [0.4, 0.5) is 8.78 Å². The van der Waals surface area contributed by atoms with Crippen molar-refractivity contribution < 1.29 is 18.3 Å². The minimum absolute atomic E-state index is 0.0235. The molecule has 0 bridgehead atoms. The SMILES string of the molecule is O=C(NC1(c2ccc(Cl)cc2)CC1)c1ccc(OC(F)F)cc1. The Balaban J connectivity index is 1.70. The Morgan fingerprint density at radius 1 is 1.09 bits per heavy atom. The molecule has 1 saturated carbocycles. The molecule has 2 aromatic carbocycles. The molecule has 120 valence electrons. The topological polar surface area (TPSA) is 38.3 Å². The second-order valence-corrected chi connectivity index (χ2v) is 5.88. The number of benzene rings is 2. The van der Waals surface area contributed by atoms with Crippen LogP contribution in [0.2, 0.25) is 5.02 Å². The van der Waals surface area contributed by atoms with Crippen LogP contribution in [0.1, 0.15) is 28.8 Å². The van der Waals surface area contributed by atoms with Gasteiger partial charge in [-0.15, -0.1) is 0 Å². The summed E-state index contributed by atoms with van der Waals surface area (Å²) in [4.78, 5) is 12.3. The molecule has 0 aliphatic heterocycles. The van der Waals surface area contributed by atoms with E-state index in [9.17, 15) is 13.6 Å². The number of rotatable bonds is 5. The van der Waals surface area contributed by atoms with E-state index in [1.807, 2.05) is 12.1 Å². The molecule has 0 saturated heterocycles. The standard InChI is InChI=1S/C17H14ClF2NO2/c18-13-5-3-12(4-6-13)17(9-10-17)21-15(22)11-1-7-14(8-2-11)23-16(19)20/h1-8,16H,9-10H2,(H,21,22). The average molecular weight is 338 g/mol. The lowest BCUT2D eigenvalue weighted by Gasteiger charge is -2.18. The Morgan fingerprint density at radius 2 is 1.70 bits per heavy atom. The first-order valence-electron chi connectivity index (χ1n) is 7.12. The molecular formula is C17H14ClF2NO2. The van der Waals surface area contributed by atoms with E-state index < -0.39 is 6.61 Å². The van der Waals surface area contributed by atoms with Crippen molar-refractivity contribution in [2.45, 2.75) is 25.0 Å². The van der Waals surface area contributed by atoms with Gasteiger partial charge in [0, 0.05) is 10.6 Å². The highest BCUT2D eigenvalue weighted by atomic mass is 35.5. The quantitative estimate of drug-likeness (QED) is 0.880. The van der Waals surface area contributed by atoms with E-state index in [1.165, 1.54) is 24.3 Å². The Bertz CT molecular complexity index is 698. The number of nitrogens with one attached hydrogen (secondary N) is 1. The molecule has 1 amide bonds. The van der Waals surface area contributed by atoms with Crippen molar-refractivity contribution in [1.82, 2.24) is 5.32 Å². The summed E-state index contributed by atoms with van der Waals surface area (Å²) in [6, 6.07) is 13.0. The third-order valence-electron chi connectivity index (χ3n) is 3.84. The number of carbonyl (C=O) groups is 1. The van der Waals surface area contributed by atoms with Gasteiger partial charge >= 0.3 is 6.61 Å². The van der Waals surface area contributed by atoms with Crippen molar-refractivity contribution in [3.05, 3.63) is 64.7 Å². The molecule has 0 radical (unpaired) electrons. The minimum Gasteiger partial charge on any atom is -0.435 e. The number of hydrogen-bond acceptors (Lipinski definition) is 2.